The number of aliphatic hydroxyl groups is 1. The van der Waals surface area contributed by atoms with Crippen LogP contribution in [-0.2, 0) is 36.7 Å². The maximum Gasteiger partial charge on any atom is 0.407 e. The third kappa shape index (κ3) is 7.86. The summed E-state index contributed by atoms with van der Waals surface area (Å²) in [6.07, 6.45) is -7.72. The Morgan fingerprint density at radius 1 is 1.32 bits per heavy atom. The first-order valence-electron chi connectivity index (χ1n) is 11.8. The minimum atomic E-state index is -5.79. The van der Waals surface area contributed by atoms with Gasteiger partial charge in [-0.25, -0.2) is 13.9 Å². The highest BCUT2D eigenvalue weighted by Crippen LogP contribution is 2.57. The number of nitrogens with zero attached hydrogens (tertiary/aromatic N) is 2. The van der Waals surface area contributed by atoms with Gasteiger partial charge in [-0.2, -0.15) is 0 Å². The number of amides is 1. The van der Waals surface area contributed by atoms with Crippen molar-refractivity contribution < 1.29 is 61.3 Å². The van der Waals surface area contributed by atoms with Crippen LogP contribution in [0.25, 0.3) is 0 Å². The van der Waals surface area contributed by atoms with Crippen LogP contribution in [0.2, 0.25) is 0 Å². The fraction of sp³-hybridized carbons (Fsp3) is 0.737. The van der Waals surface area contributed by atoms with Crippen LogP contribution in [0.3, 0.4) is 0 Å². The van der Waals surface area contributed by atoms with Crippen molar-refractivity contribution in [2.45, 2.75) is 76.0 Å². The minimum absolute atomic E-state index is 0.163. The molecule has 2 aliphatic rings. The quantitative estimate of drug-likeness (QED) is 0.149. The van der Waals surface area contributed by atoms with E-state index in [0.29, 0.717) is 0 Å². The average molecular weight is 630 g/mol. The zero-order valence-electron chi connectivity index (χ0n) is 22.0. The van der Waals surface area contributed by atoms with Gasteiger partial charge in [-0.15, -0.1) is 0 Å². The lowest BCUT2D eigenvalue weighted by Gasteiger charge is -2.43. The number of methoxy groups -OCH3 is 1. The molecule has 1 aromatic heterocycles. The third-order valence-corrected chi connectivity index (χ3v) is 9.02. The van der Waals surface area contributed by atoms with Gasteiger partial charge in [-0.05, 0) is 13.8 Å². The molecule has 20 nitrogen and oxygen atoms in total. The number of nitrogens with one attached hydrogen (secondary N) is 2. The molecule has 1 amide bonds. The second-order valence-corrected chi connectivity index (χ2v) is 12.4. The molecule has 3 heterocycles. The smallest absolute Gasteiger partial charge is 0.407 e. The predicted molar refractivity (Wildman–Crippen MR) is 128 cm³/mol. The van der Waals surface area contributed by atoms with E-state index in [1.165, 1.54) is 20.0 Å². The van der Waals surface area contributed by atoms with Crippen molar-refractivity contribution in [3.05, 3.63) is 42.7 Å². The summed E-state index contributed by atoms with van der Waals surface area (Å²) in [4.78, 5) is 72.9. The highest BCUT2D eigenvalue weighted by Gasteiger charge is 2.56. The summed E-state index contributed by atoms with van der Waals surface area (Å²) in [7, 11) is -10.5. The molecule has 41 heavy (non-hydrogen) atoms. The van der Waals surface area contributed by atoms with Crippen LogP contribution in [0.1, 0.15) is 38.5 Å². The van der Waals surface area contributed by atoms with E-state index in [4.69, 9.17) is 9.47 Å². The van der Waals surface area contributed by atoms with E-state index in [1.54, 1.807) is 0 Å². The highest BCUT2D eigenvalue weighted by molar-refractivity contribution is 7.59. The van der Waals surface area contributed by atoms with E-state index >= 15 is 0 Å². The molecular formula is C19H28N4O16P2-2. The number of aryl methyl sites for hydroxylation is 1. The van der Waals surface area contributed by atoms with Crippen molar-refractivity contribution in [3.8, 4) is 0 Å². The van der Waals surface area contributed by atoms with Crippen LogP contribution in [0, 0.1) is 17.0 Å². The van der Waals surface area contributed by atoms with Crippen molar-refractivity contribution in [3.63, 3.8) is 0 Å². The number of phosphoric ester groups is 2. The molecule has 2 aliphatic heterocycles. The van der Waals surface area contributed by atoms with Gasteiger partial charge in [0.05, 0.1) is 32.3 Å². The summed E-state index contributed by atoms with van der Waals surface area (Å²) in [5.74, 6) is 0. The summed E-state index contributed by atoms with van der Waals surface area (Å²) in [6.45, 7) is 2.85. The fourth-order valence-corrected chi connectivity index (χ4v) is 6.42. The topological polar surface area (TPSA) is 283 Å². The molecule has 3 rings (SSSR count). The number of hydrogen-bond donors (Lipinski definition) is 3. The zero-order valence-corrected chi connectivity index (χ0v) is 23.8. The summed E-state index contributed by atoms with van der Waals surface area (Å²) < 4.78 is 53.9. The molecule has 0 aromatic carbocycles. The molecule has 0 saturated carbocycles. The summed E-state index contributed by atoms with van der Waals surface area (Å²) in [6, 6.07) is -1.29. The Bertz CT molecular complexity index is 1370. The summed E-state index contributed by atoms with van der Waals surface area (Å²) >= 11 is 0. The van der Waals surface area contributed by atoms with Gasteiger partial charge in [-0.3, -0.25) is 38.1 Å². The van der Waals surface area contributed by atoms with E-state index in [0.717, 1.165) is 18.6 Å². The number of aliphatic hydroxyl groups excluding tert-OH is 1. The van der Waals surface area contributed by atoms with Crippen LogP contribution in [0.15, 0.2) is 15.8 Å². The SMILES string of the molecule is COC(=O)N[C@H]1[C@@H](C)O[C@H](OP(=O)([O-])OP(=O)([O-])OC[C@H]2O[C@@H](n3cc(C)c(=O)[nH]c3=O)C[C@@H]2O)C[C@]1(C)[N+](=O)[O-]. The first kappa shape index (κ1) is 33.0. The van der Waals surface area contributed by atoms with E-state index in [1.807, 2.05) is 4.98 Å². The van der Waals surface area contributed by atoms with E-state index in [-0.39, 0.29) is 12.0 Å². The number of rotatable bonds is 10. The fourth-order valence-electron chi connectivity index (χ4n) is 4.36. The lowest BCUT2D eigenvalue weighted by molar-refractivity contribution is -0.583. The highest BCUT2D eigenvalue weighted by atomic mass is 31.3. The van der Waals surface area contributed by atoms with E-state index < -0.39 is 93.3 Å². The van der Waals surface area contributed by atoms with Crippen molar-refractivity contribution in [1.29, 1.82) is 0 Å². The largest absolute Gasteiger partial charge is 0.756 e. The van der Waals surface area contributed by atoms with Crippen LogP contribution < -0.4 is 26.4 Å². The first-order valence-corrected chi connectivity index (χ1v) is 14.8. The summed E-state index contributed by atoms with van der Waals surface area (Å²) in [5.41, 5.74) is -3.35. The molecule has 9 atom stereocenters. The van der Waals surface area contributed by atoms with Gasteiger partial charge in [0.25, 0.3) is 21.2 Å². The first-order chi connectivity index (χ1) is 18.9. The Labute approximate surface area is 230 Å². The molecule has 2 fully saturated rings. The number of hydrogen-bond acceptors (Lipinski definition) is 16. The third-order valence-electron chi connectivity index (χ3n) is 6.47. The number of alkyl carbamates (subject to hydrolysis) is 1. The molecule has 0 radical (unpaired) electrons. The van der Waals surface area contributed by atoms with Crippen molar-refractivity contribution in [1.82, 2.24) is 14.9 Å². The number of carbonyl (C=O) groups excluding carboxylic acids is 1. The molecule has 0 aliphatic carbocycles. The van der Waals surface area contributed by atoms with Crippen molar-refractivity contribution in [2.24, 2.45) is 0 Å². The molecule has 0 spiro atoms. The predicted octanol–water partition coefficient (Wildman–Crippen LogP) is -1.63. The molecule has 2 saturated heterocycles. The number of H-pyrrole nitrogens is 1. The van der Waals surface area contributed by atoms with Gasteiger partial charge in [-0.1, -0.05) is 0 Å². The second kappa shape index (κ2) is 12.4. The zero-order chi connectivity index (χ0) is 30.9. The molecule has 0 bridgehead atoms. The van der Waals surface area contributed by atoms with Gasteiger partial charge in [0.15, 0.2) is 6.29 Å². The number of aromatic nitrogens is 2. The van der Waals surface area contributed by atoms with Crippen molar-refractivity contribution in [2.75, 3.05) is 13.7 Å². The maximum atomic E-state index is 12.3. The van der Waals surface area contributed by atoms with E-state index in [9.17, 15) is 48.5 Å². The molecule has 22 heteroatoms. The average Bonchev–Trinajstić information content (AvgIpc) is 3.21. The minimum Gasteiger partial charge on any atom is -0.756 e. The Morgan fingerprint density at radius 2 is 1.98 bits per heavy atom. The Balaban J connectivity index is 1.62. The van der Waals surface area contributed by atoms with Gasteiger partial charge < -0.3 is 38.9 Å². The van der Waals surface area contributed by atoms with Gasteiger partial charge >= 0.3 is 11.8 Å². The Morgan fingerprint density at radius 3 is 2.59 bits per heavy atom. The lowest BCUT2D eigenvalue weighted by Crippen LogP contribution is -2.65. The van der Waals surface area contributed by atoms with Crippen LogP contribution in [0.5, 0.6) is 0 Å². The second-order valence-electron chi connectivity index (χ2n) is 9.49. The molecule has 3 N–H and O–H groups in total. The standard InChI is InChI=1S/C19H30N4O16P2/c1-9-7-22(17(26)21-16(9)25)13-5-11(24)12(37-13)8-35-40(30,31)39-41(32,33)38-14-6-19(3,23(28)29)15(10(2)36-14)20-18(27)34-4/h7,10-15,24H,5-6,8H2,1-4H3,(H,20,27)(H,30,31)(H,32,33)(H,21,25,26)/p-2/t10-,11+,12-,13-,14-,15+,19+/m1/s1. The number of nitro groups is 1. The van der Waals surface area contributed by atoms with Crippen LogP contribution in [-0.4, -0.2) is 75.6 Å². The normalized spacial score (nSPS) is 33.0. The number of phosphoric acid groups is 2. The molecule has 232 valence electrons. The Hall–Kier alpha value is -2.51. The maximum absolute atomic E-state index is 12.3. The van der Waals surface area contributed by atoms with Gasteiger partial charge in [0, 0.05) is 30.0 Å². The Kier molecular flexibility index (Phi) is 9.97. The number of aromatic amines is 1. The lowest BCUT2D eigenvalue weighted by atomic mass is 9.83. The van der Waals surface area contributed by atoms with Crippen LogP contribution >= 0.6 is 15.6 Å². The molecule has 2 unspecified atom stereocenters. The van der Waals surface area contributed by atoms with E-state index in [2.05, 4.69) is 23.4 Å². The van der Waals surface area contributed by atoms with Gasteiger partial charge in [0.2, 0.25) is 5.54 Å². The molecule has 1 aromatic rings. The van der Waals surface area contributed by atoms with Crippen molar-refractivity contribution >= 4 is 21.7 Å². The van der Waals surface area contributed by atoms with Gasteiger partial charge in [0.1, 0.15) is 18.4 Å². The summed E-state index contributed by atoms with van der Waals surface area (Å²) in [5, 5.41) is 24.2. The number of carbonyl (C=O) groups is 1. The molecular weight excluding hydrogens is 602 g/mol. The number of ether oxygens (including phenoxy) is 3. The van der Waals surface area contributed by atoms with Crippen LogP contribution in [0.4, 0.5) is 4.79 Å². The monoisotopic (exact) mass is 630 g/mol.